The summed E-state index contributed by atoms with van der Waals surface area (Å²) in [6.07, 6.45) is 2.14. The maximum Gasteiger partial charge on any atom is 0.313 e. The van der Waals surface area contributed by atoms with Gasteiger partial charge in [0.05, 0.1) is 11.4 Å². The molecule has 3 unspecified atom stereocenters. The number of nitrogens with zero attached hydrogens (tertiary/aromatic N) is 5. The zero-order chi connectivity index (χ0) is 24.2. The van der Waals surface area contributed by atoms with Gasteiger partial charge < -0.3 is 15.1 Å². The number of aryl methyl sites for hydroxylation is 1. The molecule has 2 aliphatic rings. The normalized spacial score (nSPS) is 25.2. The van der Waals surface area contributed by atoms with Crippen molar-refractivity contribution < 1.29 is 24.6 Å². The first-order chi connectivity index (χ1) is 15.5. The quantitative estimate of drug-likeness (QED) is 0.378. The Morgan fingerprint density at radius 1 is 1.36 bits per heavy atom. The Hall–Kier alpha value is -2.29. The number of thiol groups is 1. The number of β-lactam (4-membered cyclic amide) rings is 1. The monoisotopic (exact) mass is 531 g/mol. The Balaban J connectivity index is 1.64. The third-order valence-corrected chi connectivity index (χ3v) is 9.21. The molecule has 2 N–H and O–H groups in total. The summed E-state index contributed by atoms with van der Waals surface area (Å²) in [7, 11) is 0. The lowest BCUT2D eigenvalue weighted by atomic mass is 9.83. The summed E-state index contributed by atoms with van der Waals surface area (Å²) in [5.41, 5.74) is -2.21. The maximum absolute atomic E-state index is 13.1. The number of thioether (sulfide) groups is 1. The van der Waals surface area contributed by atoms with E-state index in [1.165, 1.54) is 34.9 Å². The highest BCUT2D eigenvalue weighted by atomic mass is 35.5. The minimum Gasteiger partial charge on any atom is -0.503 e. The second-order valence-corrected chi connectivity index (χ2v) is 10.9. The Morgan fingerprint density at radius 3 is 2.61 bits per heavy atom. The van der Waals surface area contributed by atoms with Crippen LogP contribution in [0.4, 0.5) is 0 Å². The zero-order valence-corrected chi connectivity index (χ0v) is 20.5. The van der Waals surface area contributed by atoms with Crippen LogP contribution < -0.4 is 10.4 Å². The standard InChI is InChI=1S/C18H18ClN5O6S3/c1-7-20-21-14(33-7)13(31)18(17(29)30)5-23-15(28)11(16(23)32-6-18)24(8(2)25)22-3-9(19)12(27)10(26)4-22/h3-4,11,13,16,26,31H,5-6H2,1-2H3,(H,29,30)/t11?,13?,16-,18?/m1/s1. The summed E-state index contributed by atoms with van der Waals surface area (Å²) < 4.78 is 1.10. The predicted molar refractivity (Wildman–Crippen MR) is 124 cm³/mol. The van der Waals surface area contributed by atoms with Gasteiger partial charge in [0.15, 0.2) is 11.8 Å². The van der Waals surface area contributed by atoms with E-state index in [0.29, 0.717) is 10.0 Å². The first-order valence-electron chi connectivity index (χ1n) is 9.52. The molecule has 0 radical (unpaired) electrons. The van der Waals surface area contributed by atoms with Gasteiger partial charge in [0.2, 0.25) is 11.3 Å². The SMILES string of the molecule is CC(=O)N(C1C(=O)N2CC(C(=O)O)(C(S)c3nnc(C)s3)CS[C@H]12)n1cc(O)c(=O)c(Cl)c1. The van der Waals surface area contributed by atoms with E-state index in [2.05, 4.69) is 22.8 Å². The second-order valence-electron chi connectivity index (χ2n) is 7.70. The summed E-state index contributed by atoms with van der Waals surface area (Å²) in [4.78, 5) is 51.0. The molecule has 15 heteroatoms. The number of aromatic nitrogens is 3. The van der Waals surface area contributed by atoms with Crippen LogP contribution in [0.5, 0.6) is 5.75 Å². The number of amides is 2. The zero-order valence-electron chi connectivity index (χ0n) is 17.2. The molecule has 2 fully saturated rings. The molecule has 2 amide bonds. The number of fused-ring (bicyclic) bond motifs is 1. The summed E-state index contributed by atoms with van der Waals surface area (Å²) in [6, 6.07) is -0.973. The molecular weight excluding hydrogens is 514 g/mol. The van der Waals surface area contributed by atoms with Crippen LogP contribution in [0.1, 0.15) is 22.2 Å². The molecule has 4 heterocycles. The third-order valence-electron chi connectivity index (χ3n) is 5.59. The van der Waals surface area contributed by atoms with E-state index >= 15 is 0 Å². The topological polar surface area (TPSA) is 146 Å². The summed E-state index contributed by atoms with van der Waals surface area (Å²) in [5.74, 6) is -2.68. The van der Waals surface area contributed by atoms with Crippen LogP contribution in [0.15, 0.2) is 17.2 Å². The Labute approximate surface area is 205 Å². The lowest BCUT2D eigenvalue weighted by Gasteiger charge is -2.56. The van der Waals surface area contributed by atoms with Gasteiger partial charge in [-0.05, 0) is 6.92 Å². The summed E-state index contributed by atoms with van der Waals surface area (Å²) >= 11 is 12.9. The third kappa shape index (κ3) is 3.78. The highest BCUT2D eigenvalue weighted by Gasteiger charge is 2.62. The number of hydrogen-bond donors (Lipinski definition) is 3. The molecule has 0 aromatic carbocycles. The fourth-order valence-corrected chi connectivity index (χ4v) is 7.12. The second kappa shape index (κ2) is 8.49. The molecule has 33 heavy (non-hydrogen) atoms. The first kappa shape index (κ1) is 23.9. The molecule has 2 saturated heterocycles. The van der Waals surface area contributed by atoms with Gasteiger partial charge in [-0.15, -0.1) is 33.3 Å². The molecule has 0 bridgehead atoms. The molecule has 0 spiro atoms. The molecule has 0 aliphatic carbocycles. The minimum absolute atomic E-state index is 0.113. The lowest BCUT2D eigenvalue weighted by Crippen LogP contribution is -2.76. The van der Waals surface area contributed by atoms with Crippen molar-refractivity contribution in [2.75, 3.05) is 17.3 Å². The first-order valence-corrected chi connectivity index (χ1v) is 12.3. The van der Waals surface area contributed by atoms with Gasteiger partial charge in [-0.3, -0.25) is 23.9 Å². The average Bonchev–Trinajstić information content (AvgIpc) is 3.19. The molecule has 2 aromatic heterocycles. The Morgan fingerprint density at radius 2 is 2.06 bits per heavy atom. The van der Waals surface area contributed by atoms with Gasteiger partial charge in [0.1, 0.15) is 25.8 Å². The van der Waals surface area contributed by atoms with Gasteiger partial charge in [0, 0.05) is 25.4 Å². The average molecular weight is 532 g/mol. The number of aliphatic carboxylic acids is 1. The van der Waals surface area contributed by atoms with E-state index in [0.717, 1.165) is 22.1 Å². The van der Waals surface area contributed by atoms with Gasteiger partial charge in [0.25, 0.3) is 5.91 Å². The molecule has 0 saturated carbocycles. The summed E-state index contributed by atoms with van der Waals surface area (Å²) in [6.45, 7) is 2.86. The molecule has 11 nitrogen and oxygen atoms in total. The fraction of sp³-hybridized carbons (Fsp3) is 0.444. The number of pyridine rings is 1. The van der Waals surface area contributed by atoms with Crippen LogP contribution in [0.25, 0.3) is 0 Å². The van der Waals surface area contributed by atoms with Gasteiger partial charge in [-0.1, -0.05) is 11.6 Å². The van der Waals surface area contributed by atoms with Gasteiger partial charge >= 0.3 is 5.97 Å². The predicted octanol–water partition coefficient (Wildman–Crippen LogP) is 0.878. The molecule has 4 atom stereocenters. The van der Waals surface area contributed by atoms with Crippen LogP contribution in [0.3, 0.4) is 0 Å². The maximum atomic E-state index is 13.1. The highest BCUT2D eigenvalue weighted by molar-refractivity contribution is 8.00. The van der Waals surface area contributed by atoms with Crippen molar-refractivity contribution in [2.45, 2.75) is 30.5 Å². The molecule has 2 aromatic rings. The number of carboxylic acid groups (broad SMARTS) is 1. The smallest absolute Gasteiger partial charge is 0.313 e. The van der Waals surface area contributed by atoms with Crippen LogP contribution in [0.2, 0.25) is 5.02 Å². The fourth-order valence-electron chi connectivity index (χ4n) is 3.88. The molecule has 176 valence electrons. The van der Waals surface area contributed by atoms with Crippen molar-refractivity contribution in [3.63, 3.8) is 0 Å². The van der Waals surface area contributed by atoms with Crippen molar-refractivity contribution >= 4 is 65.1 Å². The highest BCUT2D eigenvalue weighted by Crippen LogP contribution is 2.51. The number of rotatable bonds is 5. The largest absolute Gasteiger partial charge is 0.503 e. The van der Waals surface area contributed by atoms with Gasteiger partial charge in [-0.25, -0.2) is 5.01 Å². The van der Waals surface area contributed by atoms with Gasteiger partial charge in [-0.2, -0.15) is 12.6 Å². The van der Waals surface area contributed by atoms with Crippen LogP contribution in [0, 0.1) is 12.3 Å². The number of carboxylic acids is 1. The minimum atomic E-state index is -1.41. The van der Waals surface area contributed by atoms with E-state index in [9.17, 15) is 29.4 Å². The lowest BCUT2D eigenvalue weighted by molar-refractivity contribution is -0.158. The number of aromatic hydroxyl groups is 1. The Kier molecular flexibility index (Phi) is 6.14. The van der Waals surface area contributed by atoms with E-state index in [1.807, 2.05) is 0 Å². The van der Waals surface area contributed by atoms with Crippen molar-refractivity contribution in [2.24, 2.45) is 5.41 Å². The number of halogens is 1. The van der Waals surface area contributed by atoms with Crippen LogP contribution in [-0.4, -0.2) is 71.5 Å². The van der Waals surface area contributed by atoms with E-state index in [-0.39, 0.29) is 17.3 Å². The van der Waals surface area contributed by atoms with Crippen LogP contribution >= 0.6 is 47.3 Å². The molecule has 2 aliphatic heterocycles. The van der Waals surface area contributed by atoms with Crippen molar-refractivity contribution in [3.8, 4) is 5.75 Å². The number of carbonyl (C=O) groups is 3. The summed E-state index contributed by atoms with van der Waals surface area (Å²) in [5, 5.41) is 28.4. The Bertz CT molecular complexity index is 1190. The van der Waals surface area contributed by atoms with Crippen molar-refractivity contribution in [3.05, 3.63) is 37.7 Å². The number of hydrogen-bond acceptors (Lipinski definition) is 10. The van der Waals surface area contributed by atoms with E-state index in [1.54, 1.807) is 6.92 Å². The van der Waals surface area contributed by atoms with Crippen molar-refractivity contribution in [1.82, 2.24) is 19.8 Å². The molecular formula is C18H18ClN5O6S3. The van der Waals surface area contributed by atoms with Crippen LogP contribution in [-0.2, 0) is 14.4 Å². The van der Waals surface area contributed by atoms with E-state index < -0.39 is 51.0 Å². The van der Waals surface area contributed by atoms with E-state index in [4.69, 9.17) is 11.6 Å². The molecule has 4 rings (SSSR count). The van der Waals surface area contributed by atoms with Crippen molar-refractivity contribution in [1.29, 1.82) is 0 Å². The number of carbonyl (C=O) groups excluding carboxylic acids is 2.